The molecule has 0 amide bonds. The zero-order chi connectivity index (χ0) is 7.40. The van der Waals surface area contributed by atoms with Crippen LogP contribution < -0.4 is 4.90 Å². The Morgan fingerprint density at radius 1 is 1.70 bits per heavy atom. The lowest BCUT2D eigenvalue weighted by Gasteiger charge is -2.11. The van der Waals surface area contributed by atoms with Crippen molar-refractivity contribution >= 4 is 5.82 Å². The third-order valence-corrected chi connectivity index (χ3v) is 1.30. The van der Waals surface area contributed by atoms with Crippen molar-refractivity contribution in [2.75, 3.05) is 18.5 Å². The van der Waals surface area contributed by atoms with Gasteiger partial charge in [0.2, 0.25) is 0 Å². The molecule has 0 N–H and O–H groups in total. The van der Waals surface area contributed by atoms with E-state index in [9.17, 15) is 0 Å². The highest BCUT2D eigenvalue weighted by Gasteiger charge is 2.01. The standard InChI is InChI=1S/C6H11N3O/c1-3-4-9(2)6-5-10-8-7-6/h5H,3-4H2,1-2H3. The summed E-state index contributed by atoms with van der Waals surface area (Å²) >= 11 is 0. The second-order valence-corrected chi connectivity index (χ2v) is 2.18. The van der Waals surface area contributed by atoms with Crippen LogP contribution in [0.3, 0.4) is 0 Å². The molecule has 0 unspecified atom stereocenters. The Balaban J connectivity index is 2.50. The molecule has 0 saturated heterocycles. The number of nitrogens with zero attached hydrogens (tertiary/aromatic N) is 3. The van der Waals surface area contributed by atoms with Crippen molar-refractivity contribution in [1.29, 1.82) is 0 Å². The maximum atomic E-state index is 4.58. The van der Waals surface area contributed by atoms with Crippen LogP contribution >= 0.6 is 0 Å². The van der Waals surface area contributed by atoms with E-state index in [4.69, 9.17) is 0 Å². The zero-order valence-corrected chi connectivity index (χ0v) is 6.24. The van der Waals surface area contributed by atoms with Crippen LogP contribution in [-0.4, -0.2) is 24.0 Å². The lowest BCUT2D eigenvalue weighted by molar-refractivity contribution is 0.393. The summed E-state index contributed by atoms with van der Waals surface area (Å²) < 4.78 is 4.58. The summed E-state index contributed by atoms with van der Waals surface area (Å²) in [6.07, 6.45) is 2.64. The molecule has 1 rings (SSSR count). The molecule has 0 aliphatic carbocycles. The van der Waals surface area contributed by atoms with E-state index in [1.165, 1.54) is 6.26 Å². The van der Waals surface area contributed by atoms with E-state index < -0.39 is 0 Å². The molecule has 0 bridgehead atoms. The summed E-state index contributed by atoms with van der Waals surface area (Å²) in [4.78, 5) is 2.00. The van der Waals surface area contributed by atoms with Crippen molar-refractivity contribution in [3.63, 3.8) is 0 Å². The number of hydrogen-bond acceptors (Lipinski definition) is 4. The van der Waals surface area contributed by atoms with Crippen LogP contribution in [0.1, 0.15) is 13.3 Å². The molecular formula is C6H11N3O. The van der Waals surface area contributed by atoms with Gasteiger partial charge in [-0.25, -0.2) is 0 Å². The lowest BCUT2D eigenvalue weighted by atomic mass is 10.4. The molecule has 0 atom stereocenters. The van der Waals surface area contributed by atoms with Gasteiger partial charge in [-0.15, -0.1) is 0 Å². The highest BCUT2D eigenvalue weighted by molar-refractivity contribution is 5.30. The second kappa shape index (κ2) is 3.20. The van der Waals surface area contributed by atoms with Crippen LogP contribution in [0.15, 0.2) is 10.8 Å². The highest BCUT2D eigenvalue weighted by Crippen LogP contribution is 2.05. The normalized spacial score (nSPS) is 9.80. The number of anilines is 1. The van der Waals surface area contributed by atoms with E-state index >= 15 is 0 Å². The highest BCUT2D eigenvalue weighted by atomic mass is 16.5. The second-order valence-electron chi connectivity index (χ2n) is 2.18. The molecule has 0 aliphatic heterocycles. The van der Waals surface area contributed by atoms with Gasteiger partial charge in [0.05, 0.1) is 0 Å². The molecule has 56 valence electrons. The van der Waals surface area contributed by atoms with E-state index in [0.29, 0.717) is 0 Å². The molecule has 1 aromatic heterocycles. The van der Waals surface area contributed by atoms with Gasteiger partial charge >= 0.3 is 0 Å². The lowest BCUT2D eigenvalue weighted by Crippen LogP contribution is -2.17. The fourth-order valence-corrected chi connectivity index (χ4v) is 0.776. The van der Waals surface area contributed by atoms with E-state index in [1.54, 1.807) is 0 Å². The Morgan fingerprint density at radius 2 is 2.50 bits per heavy atom. The van der Waals surface area contributed by atoms with Crippen molar-refractivity contribution in [3.05, 3.63) is 6.26 Å². The minimum atomic E-state index is 0.793. The predicted molar refractivity (Wildman–Crippen MR) is 37.9 cm³/mol. The zero-order valence-electron chi connectivity index (χ0n) is 6.24. The smallest absolute Gasteiger partial charge is 0.192 e. The number of aromatic nitrogens is 2. The summed E-state index contributed by atoms with van der Waals surface area (Å²) in [5.41, 5.74) is 0. The topological polar surface area (TPSA) is 42.2 Å². The van der Waals surface area contributed by atoms with Gasteiger partial charge in [-0.3, -0.25) is 0 Å². The van der Waals surface area contributed by atoms with Crippen LogP contribution in [0.25, 0.3) is 0 Å². The first-order chi connectivity index (χ1) is 4.84. The molecule has 0 fully saturated rings. The largest absolute Gasteiger partial charge is 0.355 e. The van der Waals surface area contributed by atoms with Gasteiger partial charge in [0.15, 0.2) is 12.1 Å². The fourth-order valence-electron chi connectivity index (χ4n) is 0.776. The van der Waals surface area contributed by atoms with Crippen LogP contribution in [-0.2, 0) is 0 Å². The van der Waals surface area contributed by atoms with Gasteiger partial charge < -0.3 is 9.42 Å². The van der Waals surface area contributed by atoms with Crippen molar-refractivity contribution in [3.8, 4) is 0 Å². The Hall–Kier alpha value is -1.06. The first-order valence-electron chi connectivity index (χ1n) is 3.32. The third-order valence-electron chi connectivity index (χ3n) is 1.30. The minimum absolute atomic E-state index is 0.793. The summed E-state index contributed by atoms with van der Waals surface area (Å²) in [5, 5.41) is 7.10. The van der Waals surface area contributed by atoms with Crippen LogP contribution in [0.4, 0.5) is 5.82 Å². The first kappa shape index (κ1) is 7.05. The Bertz CT molecular complexity index is 173. The Morgan fingerprint density at radius 3 is 3.00 bits per heavy atom. The number of hydrogen-bond donors (Lipinski definition) is 0. The Kier molecular flexibility index (Phi) is 2.25. The number of rotatable bonds is 3. The van der Waals surface area contributed by atoms with Crippen LogP contribution in [0.2, 0.25) is 0 Å². The first-order valence-corrected chi connectivity index (χ1v) is 3.32. The monoisotopic (exact) mass is 141 g/mol. The molecule has 4 nitrogen and oxygen atoms in total. The molecular weight excluding hydrogens is 130 g/mol. The maximum absolute atomic E-state index is 4.58. The summed E-state index contributed by atoms with van der Waals surface area (Å²) in [7, 11) is 1.96. The van der Waals surface area contributed by atoms with E-state index in [1.807, 2.05) is 11.9 Å². The molecule has 0 radical (unpaired) electrons. The summed E-state index contributed by atoms with van der Waals surface area (Å²) in [5.74, 6) is 0.793. The summed E-state index contributed by atoms with van der Waals surface area (Å²) in [6.45, 7) is 3.10. The van der Waals surface area contributed by atoms with Gasteiger partial charge in [0.1, 0.15) is 0 Å². The van der Waals surface area contributed by atoms with Gasteiger partial charge in [-0.2, -0.15) is 0 Å². The maximum Gasteiger partial charge on any atom is 0.192 e. The average molecular weight is 141 g/mol. The predicted octanol–water partition coefficient (Wildman–Crippen LogP) is 0.916. The van der Waals surface area contributed by atoms with Crippen molar-refractivity contribution in [2.45, 2.75) is 13.3 Å². The molecule has 1 aromatic rings. The molecule has 0 spiro atoms. The SMILES string of the molecule is CCCN(C)c1conn1. The molecule has 0 aromatic carbocycles. The molecule has 0 aliphatic rings. The molecule has 4 heteroatoms. The Labute approximate surface area is 59.8 Å². The van der Waals surface area contributed by atoms with E-state index in [2.05, 4.69) is 21.8 Å². The molecule has 10 heavy (non-hydrogen) atoms. The van der Waals surface area contributed by atoms with Crippen molar-refractivity contribution in [2.24, 2.45) is 0 Å². The summed E-state index contributed by atoms with van der Waals surface area (Å²) in [6, 6.07) is 0. The van der Waals surface area contributed by atoms with Crippen LogP contribution in [0.5, 0.6) is 0 Å². The third kappa shape index (κ3) is 1.46. The molecule has 1 heterocycles. The fraction of sp³-hybridized carbons (Fsp3) is 0.667. The molecule has 0 saturated carbocycles. The average Bonchev–Trinajstić information content (AvgIpc) is 2.38. The van der Waals surface area contributed by atoms with Crippen LogP contribution in [0, 0.1) is 0 Å². The van der Waals surface area contributed by atoms with Gasteiger partial charge in [-0.05, 0) is 6.42 Å². The van der Waals surface area contributed by atoms with E-state index in [-0.39, 0.29) is 0 Å². The van der Waals surface area contributed by atoms with Gasteiger partial charge in [0, 0.05) is 18.9 Å². The van der Waals surface area contributed by atoms with Gasteiger partial charge in [0.25, 0.3) is 0 Å². The quantitative estimate of drug-likeness (QED) is 0.627. The minimum Gasteiger partial charge on any atom is -0.355 e. The van der Waals surface area contributed by atoms with Crippen molar-refractivity contribution < 1.29 is 4.52 Å². The van der Waals surface area contributed by atoms with E-state index in [0.717, 1.165) is 18.8 Å². The van der Waals surface area contributed by atoms with Crippen molar-refractivity contribution in [1.82, 2.24) is 10.4 Å². The van der Waals surface area contributed by atoms with Gasteiger partial charge in [-0.1, -0.05) is 12.0 Å².